The molecule has 0 fully saturated rings. The monoisotopic (exact) mass is 488 g/mol. The van der Waals surface area contributed by atoms with Crippen LogP contribution in [0.5, 0.6) is 5.75 Å². The predicted octanol–water partition coefficient (Wildman–Crippen LogP) is 5.05. The van der Waals surface area contributed by atoms with Gasteiger partial charge in [0.25, 0.3) is 10.0 Å². The second-order valence-electron chi connectivity index (χ2n) is 8.62. The van der Waals surface area contributed by atoms with Crippen LogP contribution in [-0.2, 0) is 22.9 Å². The van der Waals surface area contributed by atoms with Crippen molar-refractivity contribution in [2.24, 2.45) is 5.92 Å². The number of rotatable bonds is 6. The molecule has 0 bridgehead atoms. The Hall–Kier alpha value is -2.65. The fraction of sp³-hybridized carbons (Fsp3) is 0.417. The van der Waals surface area contributed by atoms with E-state index in [1.165, 1.54) is 26.5 Å². The predicted molar refractivity (Wildman–Crippen MR) is 128 cm³/mol. The number of nitrogens with zero attached hydrogens (tertiary/aromatic N) is 2. The van der Waals surface area contributed by atoms with Crippen molar-refractivity contribution in [2.45, 2.75) is 63.4 Å². The summed E-state index contributed by atoms with van der Waals surface area (Å²) in [6.45, 7) is 3.65. The van der Waals surface area contributed by atoms with E-state index >= 15 is 0 Å². The third-order valence-electron chi connectivity index (χ3n) is 6.02. The third kappa shape index (κ3) is 4.56. The van der Waals surface area contributed by atoms with Crippen LogP contribution in [0.15, 0.2) is 55.5 Å². The first-order chi connectivity index (χ1) is 15.8. The van der Waals surface area contributed by atoms with Gasteiger partial charge in [0, 0.05) is 17.4 Å². The zero-order valence-corrected chi connectivity index (χ0v) is 20.4. The lowest BCUT2D eigenvalue weighted by atomic mass is 9.91. The van der Waals surface area contributed by atoms with Crippen molar-refractivity contribution < 1.29 is 17.9 Å². The van der Waals surface area contributed by atoms with E-state index in [0.717, 1.165) is 25.7 Å². The van der Waals surface area contributed by atoms with Crippen LogP contribution >= 0.6 is 11.3 Å². The van der Waals surface area contributed by atoms with Crippen LogP contribution in [0.25, 0.3) is 0 Å². The summed E-state index contributed by atoms with van der Waals surface area (Å²) in [4.78, 5) is 17.3. The van der Waals surface area contributed by atoms with Gasteiger partial charge in [0.2, 0.25) is 0 Å². The summed E-state index contributed by atoms with van der Waals surface area (Å²) < 4.78 is 34.5. The molecule has 2 heterocycles. The van der Waals surface area contributed by atoms with Crippen molar-refractivity contribution in [3.63, 3.8) is 0 Å². The summed E-state index contributed by atoms with van der Waals surface area (Å²) in [6, 6.07) is 7.62. The average Bonchev–Trinajstić information content (AvgIpc) is 3.31. The lowest BCUT2D eigenvalue weighted by Gasteiger charge is -2.35. The molecule has 2 aromatic heterocycles. The molecule has 9 heteroatoms. The summed E-state index contributed by atoms with van der Waals surface area (Å²) in [5.74, 6) is 0.0207. The van der Waals surface area contributed by atoms with Crippen LogP contribution in [-0.4, -0.2) is 18.5 Å². The van der Waals surface area contributed by atoms with Crippen molar-refractivity contribution in [1.29, 1.82) is 0 Å². The number of aryl methyl sites for hydroxylation is 1. The molecule has 33 heavy (non-hydrogen) atoms. The van der Waals surface area contributed by atoms with Crippen molar-refractivity contribution in [2.75, 3.05) is 4.31 Å². The summed E-state index contributed by atoms with van der Waals surface area (Å²) >= 11 is 1.18. The molecular formula is C24H28N2O5S2. The van der Waals surface area contributed by atoms with Crippen molar-refractivity contribution in [3.8, 4) is 5.75 Å². The summed E-state index contributed by atoms with van der Waals surface area (Å²) in [5, 5.41) is 12.7. The maximum absolute atomic E-state index is 13.8. The van der Waals surface area contributed by atoms with E-state index in [2.05, 4.69) is 4.98 Å². The number of hydrogen-bond acceptors (Lipinski definition) is 7. The molecule has 0 spiro atoms. The van der Waals surface area contributed by atoms with Gasteiger partial charge in [0.1, 0.15) is 17.1 Å². The normalized spacial score (nSPS) is 15.5. The first-order valence-electron chi connectivity index (χ1n) is 11.2. The van der Waals surface area contributed by atoms with E-state index < -0.39 is 21.7 Å². The first-order valence-corrected chi connectivity index (χ1v) is 13.6. The molecule has 3 aromatic rings. The fourth-order valence-corrected chi connectivity index (χ4v) is 7.02. The first kappa shape index (κ1) is 23.5. The number of fused-ring (bicyclic) bond motifs is 1. The fourth-order valence-electron chi connectivity index (χ4n) is 4.46. The van der Waals surface area contributed by atoms with E-state index in [-0.39, 0.29) is 22.3 Å². The minimum atomic E-state index is -4.13. The average molecular weight is 489 g/mol. The molecule has 0 saturated carbocycles. The van der Waals surface area contributed by atoms with Gasteiger partial charge in [-0.05, 0) is 37.3 Å². The van der Waals surface area contributed by atoms with Gasteiger partial charge >= 0.3 is 5.63 Å². The highest BCUT2D eigenvalue weighted by molar-refractivity contribution is 7.92. The molecule has 1 aliphatic rings. The van der Waals surface area contributed by atoms with Crippen LogP contribution in [0.4, 0.5) is 5.69 Å². The molecule has 0 amide bonds. The van der Waals surface area contributed by atoms with Gasteiger partial charge in [-0.25, -0.2) is 9.78 Å². The molecule has 7 nitrogen and oxygen atoms in total. The molecule has 0 radical (unpaired) electrons. The Balaban J connectivity index is 1.96. The van der Waals surface area contributed by atoms with Crippen molar-refractivity contribution in [3.05, 3.63) is 68.5 Å². The number of benzene rings is 1. The summed E-state index contributed by atoms with van der Waals surface area (Å²) in [5.41, 5.74) is 1.74. The Labute approximate surface area is 197 Å². The van der Waals surface area contributed by atoms with Gasteiger partial charge < -0.3 is 9.52 Å². The van der Waals surface area contributed by atoms with E-state index in [1.54, 1.807) is 30.3 Å². The van der Waals surface area contributed by atoms with E-state index in [4.69, 9.17) is 4.42 Å². The van der Waals surface area contributed by atoms with Crippen molar-refractivity contribution in [1.82, 2.24) is 4.98 Å². The molecule has 1 unspecified atom stereocenters. The number of hydrogen-bond donors (Lipinski definition) is 1. The smallest absolute Gasteiger partial charge is 0.345 e. The highest BCUT2D eigenvalue weighted by Gasteiger charge is 2.40. The van der Waals surface area contributed by atoms with Crippen molar-refractivity contribution >= 4 is 27.0 Å². The molecule has 1 atom stereocenters. The molecule has 1 aromatic carbocycles. The Morgan fingerprint density at radius 1 is 1.09 bits per heavy atom. The largest absolute Gasteiger partial charge is 0.507 e. The topological polar surface area (TPSA) is 101 Å². The number of sulfonamides is 1. The zero-order chi connectivity index (χ0) is 23.6. The molecule has 0 aliphatic heterocycles. The van der Waals surface area contributed by atoms with E-state index in [0.29, 0.717) is 29.9 Å². The highest BCUT2D eigenvalue weighted by atomic mass is 32.2. The molecule has 176 valence electrons. The third-order valence-corrected chi connectivity index (χ3v) is 8.46. The molecule has 1 aliphatic carbocycles. The lowest BCUT2D eigenvalue weighted by molar-refractivity contribution is 0.369. The van der Waals surface area contributed by atoms with E-state index in [1.807, 2.05) is 13.8 Å². The lowest BCUT2D eigenvalue weighted by Crippen LogP contribution is -2.40. The number of aromatic nitrogens is 1. The highest BCUT2D eigenvalue weighted by Crippen LogP contribution is 2.41. The summed E-state index contributed by atoms with van der Waals surface area (Å²) in [6.07, 6.45) is 5.02. The maximum Gasteiger partial charge on any atom is 0.345 e. The number of anilines is 1. The number of thiazole rings is 1. The quantitative estimate of drug-likeness (QED) is 0.521. The van der Waals surface area contributed by atoms with E-state index in [9.17, 15) is 18.3 Å². The SMILES string of the molecule is CC(C)C(c1c(O)c2c(oc1=O)CCCCCC2)N(c1ccccc1)S(=O)(=O)c1cscn1. The molecular weight excluding hydrogens is 460 g/mol. The molecule has 4 rings (SSSR count). The number of aromatic hydroxyl groups is 1. The van der Waals surface area contributed by atoms with Gasteiger partial charge in [-0.15, -0.1) is 11.3 Å². The Morgan fingerprint density at radius 3 is 2.42 bits per heavy atom. The van der Waals surface area contributed by atoms with Gasteiger partial charge in [0.05, 0.1) is 17.2 Å². The molecule has 1 N–H and O–H groups in total. The van der Waals surface area contributed by atoms with Gasteiger partial charge in [0.15, 0.2) is 5.03 Å². The number of para-hydroxylation sites is 1. The molecule has 0 saturated heterocycles. The van der Waals surface area contributed by atoms with Crippen LogP contribution < -0.4 is 9.93 Å². The Kier molecular flexibility index (Phi) is 6.90. The maximum atomic E-state index is 13.8. The second kappa shape index (κ2) is 9.69. The minimum Gasteiger partial charge on any atom is -0.507 e. The van der Waals surface area contributed by atoms with Crippen LogP contribution in [0.2, 0.25) is 0 Å². The summed E-state index contributed by atoms with van der Waals surface area (Å²) in [7, 11) is -4.13. The standard InChI is InChI=1S/C24H28N2O5S2/c1-16(2)22(21-23(27)18-12-8-3-4-9-13-19(18)31-24(21)28)26(17-10-6-5-7-11-17)33(29,30)20-14-32-15-25-20/h5-7,10-11,14-16,22,27H,3-4,8-9,12-13H2,1-2H3. The Bertz CT molecular complexity index is 1250. The van der Waals surface area contributed by atoms with Crippen LogP contribution in [0, 0.1) is 5.92 Å². The second-order valence-corrected chi connectivity index (χ2v) is 11.1. The Morgan fingerprint density at radius 2 is 1.79 bits per heavy atom. The zero-order valence-electron chi connectivity index (χ0n) is 18.7. The van der Waals surface area contributed by atoms with Gasteiger partial charge in [-0.3, -0.25) is 4.31 Å². The van der Waals surface area contributed by atoms with Gasteiger partial charge in [-0.2, -0.15) is 8.42 Å². The minimum absolute atomic E-state index is 0.0213. The van der Waals surface area contributed by atoms with Crippen LogP contribution in [0.1, 0.15) is 62.5 Å². The van der Waals surface area contributed by atoms with Gasteiger partial charge in [-0.1, -0.05) is 44.9 Å². The van der Waals surface area contributed by atoms with Crippen LogP contribution in [0.3, 0.4) is 0 Å².